The predicted molar refractivity (Wildman–Crippen MR) is 130 cm³/mol. The number of piperidine rings is 1. The van der Waals surface area contributed by atoms with Crippen LogP contribution in [-0.4, -0.2) is 74.2 Å². The van der Waals surface area contributed by atoms with Crippen LogP contribution in [0, 0.1) is 5.41 Å². The van der Waals surface area contributed by atoms with E-state index in [1.165, 1.54) is 12.8 Å². The average Bonchev–Trinajstić information content (AvgIpc) is 2.75. The maximum Gasteiger partial charge on any atom is 0.193 e. The summed E-state index contributed by atoms with van der Waals surface area (Å²) in [6, 6.07) is 0. The van der Waals surface area contributed by atoms with Crippen molar-refractivity contribution in [2.75, 3.05) is 46.0 Å². The third-order valence-corrected chi connectivity index (χ3v) is 6.57. The molecule has 2 fully saturated rings. The molecular formula is C22H44IN3O3. The first kappa shape index (κ1) is 26.9. The van der Waals surface area contributed by atoms with Crippen LogP contribution in [0.4, 0.5) is 0 Å². The highest BCUT2D eigenvalue weighted by atomic mass is 127. The Bertz CT molecular complexity index is 447. The van der Waals surface area contributed by atoms with Gasteiger partial charge in [0.1, 0.15) is 0 Å². The summed E-state index contributed by atoms with van der Waals surface area (Å²) in [4.78, 5) is 7.34. The maximum atomic E-state index is 9.46. The van der Waals surface area contributed by atoms with Gasteiger partial charge in [0.2, 0.25) is 0 Å². The fourth-order valence-corrected chi connectivity index (χ4v) is 4.23. The zero-order valence-corrected chi connectivity index (χ0v) is 21.2. The van der Waals surface area contributed by atoms with E-state index < -0.39 is 0 Å². The van der Waals surface area contributed by atoms with Gasteiger partial charge in [0.25, 0.3) is 0 Å². The van der Waals surface area contributed by atoms with E-state index in [-0.39, 0.29) is 36.0 Å². The molecule has 0 amide bonds. The van der Waals surface area contributed by atoms with Gasteiger partial charge < -0.3 is 24.8 Å². The molecule has 0 aromatic carbocycles. The fraction of sp³-hybridized carbons (Fsp3) is 0.955. The van der Waals surface area contributed by atoms with Crippen molar-refractivity contribution in [1.82, 2.24) is 10.2 Å². The van der Waals surface area contributed by atoms with E-state index in [1.807, 2.05) is 0 Å². The van der Waals surface area contributed by atoms with Gasteiger partial charge in [0.05, 0.1) is 18.8 Å². The summed E-state index contributed by atoms with van der Waals surface area (Å²) in [6.45, 7) is 12.0. The molecule has 0 aromatic heterocycles. The van der Waals surface area contributed by atoms with E-state index >= 15 is 0 Å². The van der Waals surface area contributed by atoms with Crippen LogP contribution in [0.25, 0.3) is 0 Å². The first-order chi connectivity index (χ1) is 13.7. The summed E-state index contributed by atoms with van der Waals surface area (Å²) in [5.41, 5.74) is 0.108. The van der Waals surface area contributed by atoms with Crippen LogP contribution in [0.2, 0.25) is 0 Å². The molecular weight excluding hydrogens is 481 g/mol. The molecule has 1 atom stereocenters. The highest BCUT2D eigenvalue weighted by Gasteiger charge is 2.27. The maximum absolute atomic E-state index is 9.46. The molecule has 0 radical (unpaired) electrons. The van der Waals surface area contributed by atoms with Crippen molar-refractivity contribution in [3.8, 4) is 0 Å². The number of guanidine groups is 1. The third-order valence-electron chi connectivity index (χ3n) is 6.57. The molecule has 2 rings (SSSR count). The Kier molecular flexibility index (Phi) is 13.7. The third kappa shape index (κ3) is 8.87. The van der Waals surface area contributed by atoms with Crippen molar-refractivity contribution in [2.45, 2.75) is 84.3 Å². The highest BCUT2D eigenvalue weighted by molar-refractivity contribution is 14.0. The molecule has 29 heavy (non-hydrogen) atoms. The minimum atomic E-state index is 0. The predicted octanol–water partition coefficient (Wildman–Crippen LogP) is 3.81. The van der Waals surface area contributed by atoms with Crippen molar-refractivity contribution in [1.29, 1.82) is 0 Å². The molecule has 0 aromatic rings. The molecule has 0 saturated carbocycles. The number of hydrogen-bond donors (Lipinski definition) is 2. The van der Waals surface area contributed by atoms with E-state index in [4.69, 9.17) is 14.5 Å². The number of halogens is 1. The first-order valence-corrected chi connectivity index (χ1v) is 11.5. The fourth-order valence-electron chi connectivity index (χ4n) is 4.23. The molecule has 2 saturated heterocycles. The Morgan fingerprint density at radius 2 is 1.90 bits per heavy atom. The second-order valence-corrected chi connectivity index (χ2v) is 8.36. The van der Waals surface area contributed by atoms with Crippen LogP contribution >= 0.6 is 24.0 Å². The van der Waals surface area contributed by atoms with Gasteiger partial charge in [-0.25, -0.2) is 0 Å². The molecule has 0 bridgehead atoms. The molecule has 2 aliphatic rings. The number of rotatable bonds is 10. The Morgan fingerprint density at radius 1 is 1.17 bits per heavy atom. The molecule has 6 nitrogen and oxygen atoms in total. The van der Waals surface area contributed by atoms with E-state index in [1.54, 1.807) is 0 Å². The number of likely N-dealkylation sites (tertiary alicyclic amines) is 1. The zero-order chi connectivity index (χ0) is 20.2. The number of nitrogens with one attached hydrogen (secondary N) is 1. The van der Waals surface area contributed by atoms with Crippen molar-refractivity contribution in [2.24, 2.45) is 10.4 Å². The number of hydrogen-bond acceptors (Lipinski definition) is 4. The Hall–Kier alpha value is -0.120. The molecule has 2 aliphatic heterocycles. The number of nitrogens with zero attached hydrogens (tertiary/aromatic N) is 2. The van der Waals surface area contributed by atoms with Gasteiger partial charge in [0.15, 0.2) is 5.96 Å². The standard InChI is InChI=1S/C22H43N3O3.HI/c1-4-22(5-2,12-15-26)18-24-21(23-6-3)25-13-10-19(11-14-25)28-17-20-9-7-8-16-27-20;/h19-20,26H,4-18H2,1-3H3,(H,23,24);1H. The van der Waals surface area contributed by atoms with Crippen LogP contribution in [0.15, 0.2) is 4.99 Å². The van der Waals surface area contributed by atoms with Gasteiger partial charge in [-0.3, -0.25) is 4.99 Å². The lowest BCUT2D eigenvalue weighted by atomic mass is 9.79. The van der Waals surface area contributed by atoms with E-state index in [2.05, 4.69) is 31.0 Å². The van der Waals surface area contributed by atoms with Gasteiger partial charge in [-0.15, -0.1) is 24.0 Å². The van der Waals surface area contributed by atoms with E-state index in [0.29, 0.717) is 12.2 Å². The lowest BCUT2D eigenvalue weighted by molar-refractivity contribution is -0.0721. The Balaban J connectivity index is 0.00000420. The Labute approximate surface area is 195 Å². The van der Waals surface area contributed by atoms with Crippen LogP contribution in [0.3, 0.4) is 0 Å². The van der Waals surface area contributed by atoms with Crippen LogP contribution < -0.4 is 5.32 Å². The van der Waals surface area contributed by atoms with E-state index in [9.17, 15) is 5.11 Å². The van der Waals surface area contributed by atoms with Gasteiger partial charge in [-0.1, -0.05) is 13.8 Å². The molecule has 1 unspecified atom stereocenters. The van der Waals surface area contributed by atoms with Gasteiger partial charge in [-0.05, 0) is 63.7 Å². The van der Waals surface area contributed by atoms with Crippen LogP contribution in [-0.2, 0) is 9.47 Å². The number of aliphatic imine (C=N–C) groups is 1. The second-order valence-electron chi connectivity index (χ2n) is 8.36. The lowest BCUT2D eigenvalue weighted by Gasteiger charge is -2.36. The zero-order valence-electron chi connectivity index (χ0n) is 18.8. The first-order valence-electron chi connectivity index (χ1n) is 11.5. The second kappa shape index (κ2) is 14.8. The number of ether oxygens (including phenoxy) is 2. The molecule has 172 valence electrons. The summed E-state index contributed by atoms with van der Waals surface area (Å²) in [5.74, 6) is 1.01. The Morgan fingerprint density at radius 3 is 2.45 bits per heavy atom. The summed E-state index contributed by atoms with van der Waals surface area (Å²) < 4.78 is 11.9. The molecule has 0 spiro atoms. The normalized spacial score (nSPS) is 21.7. The average molecular weight is 526 g/mol. The molecule has 0 aliphatic carbocycles. The number of aliphatic hydroxyl groups is 1. The SMILES string of the molecule is CCNC(=NCC(CC)(CC)CCO)N1CCC(OCC2CCCCO2)CC1.I. The summed E-state index contributed by atoms with van der Waals surface area (Å²) in [5, 5.41) is 12.9. The van der Waals surface area contributed by atoms with Crippen molar-refractivity contribution >= 4 is 29.9 Å². The van der Waals surface area contributed by atoms with Crippen LogP contribution in [0.5, 0.6) is 0 Å². The molecule has 2 N–H and O–H groups in total. The number of aliphatic hydroxyl groups excluding tert-OH is 1. The summed E-state index contributed by atoms with van der Waals surface area (Å²) in [6.07, 6.45) is 9.24. The molecule has 7 heteroatoms. The summed E-state index contributed by atoms with van der Waals surface area (Å²) in [7, 11) is 0. The van der Waals surface area contributed by atoms with E-state index in [0.717, 1.165) is 83.9 Å². The smallest absolute Gasteiger partial charge is 0.193 e. The molecule has 2 heterocycles. The summed E-state index contributed by atoms with van der Waals surface area (Å²) >= 11 is 0. The lowest BCUT2D eigenvalue weighted by Crippen LogP contribution is -2.47. The van der Waals surface area contributed by atoms with Gasteiger partial charge >= 0.3 is 0 Å². The van der Waals surface area contributed by atoms with Crippen molar-refractivity contribution < 1.29 is 14.6 Å². The minimum Gasteiger partial charge on any atom is -0.396 e. The van der Waals surface area contributed by atoms with Crippen molar-refractivity contribution in [3.63, 3.8) is 0 Å². The largest absolute Gasteiger partial charge is 0.396 e. The van der Waals surface area contributed by atoms with Gasteiger partial charge in [-0.2, -0.15) is 0 Å². The highest BCUT2D eigenvalue weighted by Crippen LogP contribution is 2.31. The minimum absolute atomic E-state index is 0. The monoisotopic (exact) mass is 525 g/mol. The quantitative estimate of drug-likeness (QED) is 0.258. The van der Waals surface area contributed by atoms with Gasteiger partial charge in [0, 0.05) is 39.4 Å². The van der Waals surface area contributed by atoms with Crippen LogP contribution in [0.1, 0.15) is 72.1 Å². The van der Waals surface area contributed by atoms with Crippen molar-refractivity contribution in [3.05, 3.63) is 0 Å². The topological polar surface area (TPSA) is 66.3 Å².